The van der Waals surface area contributed by atoms with Gasteiger partial charge in [0.2, 0.25) is 0 Å². The summed E-state index contributed by atoms with van der Waals surface area (Å²) in [6.07, 6.45) is -4.21. The van der Waals surface area contributed by atoms with Gasteiger partial charge in [0, 0.05) is 5.56 Å². The van der Waals surface area contributed by atoms with E-state index in [-0.39, 0.29) is 17.1 Å². The molecule has 1 unspecified atom stereocenters. The molecule has 0 saturated carbocycles. The highest BCUT2D eigenvalue weighted by atomic mass is 19.4. The molecule has 1 heterocycles. The average Bonchev–Trinajstić information content (AvgIpc) is 2.56. The lowest BCUT2D eigenvalue weighted by Gasteiger charge is -2.39. The smallest absolute Gasteiger partial charge is 0.473 e. The fourth-order valence-corrected chi connectivity index (χ4v) is 2.67. The highest BCUT2D eigenvalue weighted by Crippen LogP contribution is 2.46. The summed E-state index contributed by atoms with van der Waals surface area (Å²) in [6, 6.07) is 10.6. The minimum absolute atomic E-state index is 0.103. The van der Waals surface area contributed by atoms with Crippen LogP contribution in [-0.2, 0) is 4.79 Å². The van der Waals surface area contributed by atoms with Gasteiger partial charge in [-0.3, -0.25) is 0 Å². The van der Waals surface area contributed by atoms with Crippen molar-refractivity contribution in [2.75, 3.05) is 0 Å². The molecular formula is C19H15F3O4. The molecule has 0 aliphatic carbocycles. The summed E-state index contributed by atoms with van der Waals surface area (Å²) < 4.78 is 52.6. The molecule has 4 nitrogen and oxygen atoms in total. The number of rotatable bonds is 3. The molecule has 1 aliphatic rings. The molecule has 0 aromatic heterocycles. The second-order valence-electron chi connectivity index (χ2n) is 5.99. The summed E-state index contributed by atoms with van der Waals surface area (Å²) in [5.74, 6) is -5.44. The maximum Gasteiger partial charge on any atom is 0.473 e. The summed E-state index contributed by atoms with van der Waals surface area (Å²) in [4.78, 5) is 11.6. The highest BCUT2D eigenvalue weighted by Gasteiger charge is 2.66. The van der Waals surface area contributed by atoms with Gasteiger partial charge in [0.1, 0.15) is 17.1 Å². The van der Waals surface area contributed by atoms with Crippen molar-refractivity contribution < 1.29 is 32.5 Å². The third-order valence-corrected chi connectivity index (χ3v) is 4.03. The van der Waals surface area contributed by atoms with Gasteiger partial charge in [-0.1, -0.05) is 30.3 Å². The van der Waals surface area contributed by atoms with Gasteiger partial charge in [0.25, 0.3) is 0 Å². The number of aliphatic carboxylic acids is 1. The molecule has 0 bridgehead atoms. The molecule has 1 aliphatic heterocycles. The van der Waals surface area contributed by atoms with E-state index in [2.05, 4.69) is 0 Å². The van der Waals surface area contributed by atoms with Crippen LogP contribution in [0.5, 0.6) is 11.5 Å². The van der Waals surface area contributed by atoms with Crippen LogP contribution >= 0.6 is 0 Å². The molecule has 2 aromatic carbocycles. The van der Waals surface area contributed by atoms with Crippen molar-refractivity contribution in [3.8, 4) is 11.5 Å². The van der Waals surface area contributed by atoms with E-state index in [0.29, 0.717) is 11.1 Å². The van der Waals surface area contributed by atoms with Crippen molar-refractivity contribution in [3.63, 3.8) is 0 Å². The van der Waals surface area contributed by atoms with Crippen LogP contribution < -0.4 is 9.47 Å². The molecule has 0 spiro atoms. The Hall–Kier alpha value is -2.96. The van der Waals surface area contributed by atoms with Crippen LogP contribution in [0.2, 0.25) is 0 Å². The molecule has 2 aromatic rings. The minimum Gasteiger partial charge on any atom is -0.478 e. The van der Waals surface area contributed by atoms with Gasteiger partial charge in [-0.25, -0.2) is 4.79 Å². The number of ether oxygens (including phenoxy) is 2. The van der Waals surface area contributed by atoms with E-state index >= 15 is 0 Å². The molecule has 0 fully saturated rings. The van der Waals surface area contributed by atoms with Crippen molar-refractivity contribution in [1.82, 2.24) is 0 Å². The van der Waals surface area contributed by atoms with E-state index < -0.39 is 23.5 Å². The Bertz CT molecular complexity index is 902. The number of carbonyl (C=O) groups is 1. The van der Waals surface area contributed by atoms with Gasteiger partial charge < -0.3 is 14.6 Å². The predicted octanol–water partition coefficient (Wildman–Crippen LogP) is 4.50. The lowest BCUT2D eigenvalue weighted by atomic mass is 9.97. The Kier molecular flexibility index (Phi) is 4.18. The molecule has 1 N–H and O–H groups in total. The number of para-hydroxylation sites is 1. The second kappa shape index (κ2) is 6.09. The fraction of sp³-hybridized carbons (Fsp3) is 0.211. The number of carboxylic acid groups (broad SMARTS) is 1. The van der Waals surface area contributed by atoms with E-state index in [9.17, 15) is 23.1 Å². The Morgan fingerprint density at radius 2 is 1.85 bits per heavy atom. The maximum absolute atomic E-state index is 14.1. The Balaban J connectivity index is 2.22. The van der Waals surface area contributed by atoms with Gasteiger partial charge >= 0.3 is 17.9 Å². The van der Waals surface area contributed by atoms with Gasteiger partial charge in [-0.05, 0) is 43.2 Å². The topological polar surface area (TPSA) is 55.8 Å². The first-order valence-corrected chi connectivity index (χ1v) is 7.70. The number of halogens is 3. The van der Waals surface area contributed by atoms with E-state index in [1.807, 2.05) is 0 Å². The van der Waals surface area contributed by atoms with Crippen molar-refractivity contribution in [2.45, 2.75) is 25.8 Å². The molecular weight excluding hydrogens is 349 g/mol. The molecule has 3 rings (SSSR count). The zero-order valence-corrected chi connectivity index (χ0v) is 13.9. The molecule has 0 radical (unpaired) electrons. The van der Waals surface area contributed by atoms with Crippen LogP contribution in [0.4, 0.5) is 13.2 Å². The minimum atomic E-state index is -5.14. The molecule has 26 heavy (non-hydrogen) atoms. The average molecular weight is 364 g/mol. The summed E-state index contributed by atoms with van der Waals surface area (Å²) in [7, 11) is 0. The summed E-state index contributed by atoms with van der Waals surface area (Å²) in [5, 5.41) is 9.44. The number of fused-ring (bicyclic) bond motifs is 1. The summed E-state index contributed by atoms with van der Waals surface area (Å²) in [5.41, 5.74) is 0.283. The standard InChI is InChI=1S/C19H15F3O4/c1-11-7-8-12(2)16(9-11)26-18(19(20,21)22)14(17(23)24)10-13-5-3-4-6-15(13)25-18/h3-10H,1-2H3,(H,23,24). The number of hydrogen-bond donors (Lipinski definition) is 1. The van der Waals surface area contributed by atoms with Crippen molar-refractivity contribution >= 4 is 12.0 Å². The number of alkyl halides is 3. The molecule has 1 atom stereocenters. The van der Waals surface area contributed by atoms with Crippen LogP contribution in [0.3, 0.4) is 0 Å². The number of carboxylic acids is 1. The molecule has 0 saturated heterocycles. The predicted molar refractivity (Wildman–Crippen MR) is 88.0 cm³/mol. The summed E-state index contributed by atoms with van der Waals surface area (Å²) >= 11 is 0. The third-order valence-electron chi connectivity index (χ3n) is 4.03. The summed E-state index contributed by atoms with van der Waals surface area (Å²) in [6.45, 7) is 3.26. The first-order chi connectivity index (χ1) is 12.1. The van der Waals surface area contributed by atoms with E-state index in [1.165, 1.54) is 24.3 Å². The van der Waals surface area contributed by atoms with Crippen molar-refractivity contribution in [2.24, 2.45) is 0 Å². The zero-order chi connectivity index (χ0) is 19.1. The van der Waals surface area contributed by atoms with Crippen LogP contribution in [0.1, 0.15) is 16.7 Å². The van der Waals surface area contributed by atoms with Crippen LogP contribution in [-0.4, -0.2) is 23.0 Å². The van der Waals surface area contributed by atoms with Gasteiger partial charge in [-0.15, -0.1) is 0 Å². The quantitative estimate of drug-likeness (QED) is 0.871. The Morgan fingerprint density at radius 1 is 1.15 bits per heavy atom. The number of hydrogen-bond acceptors (Lipinski definition) is 3. The maximum atomic E-state index is 14.1. The van der Waals surface area contributed by atoms with Gasteiger partial charge in [0.05, 0.1) is 0 Å². The van der Waals surface area contributed by atoms with Crippen LogP contribution in [0, 0.1) is 13.8 Å². The Labute approximate surface area is 147 Å². The monoisotopic (exact) mass is 364 g/mol. The second-order valence-corrected chi connectivity index (χ2v) is 5.99. The van der Waals surface area contributed by atoms with Crippen molar-refractivity contribution in [1.29, 1.82) is 0 Å². The zero-order valence-electron chi connectivity index (χ0n) is 13.9. The highest BCUT2D eigenvalue weighted by molar-refractivity contribution is 5.96. The fourth-order valence-electron chi connectivity index (χ4n) is 2.67. The van der Waals surface area contributed by atoms with Crippen LogP contribution in [0.15, 0.2) is 48.0 Å². The van der Waals surface area contributed by atoms with E-state index in [1.54, 1.807) is 32.0 Å². The first-order valence-electron chi connectivity index (χ1n) is 7.70. The van der Waals surface area contributed by atoms with Crippen LogP contribution in [0.25, 0.3) is 6.08 Å². The van der Waals surface area contributed by atoms with Crippen molar-refractivity contribution in [3.05, 3.63) is 64.7 Å². The van der Waals surface area contributed by atoms with E-state index in [0.717, 1.165) is 6.08 Å². The SMILES string of the molecule is Cc1ccc(C)c(OC2(C(F)(F)F)Oc3ccccc3C=C2C(=O)O)c1. The molecule has 0 amide bonds. The molecule has 7 heteroatoms. The number of aryl methyl sites for hydroxylation is 2. The molecule has 136 valence electrons. The van der Waals surface area contributed by atoms with Gasteiger partial charge in [-0.2, -0.15) is 13.2 Å². The normalized spacial score (nSPS) is 19.2. The number of benzene rings is 2. The largest absolute Gasteiger partial charge is 0.478 e. The Morgan fingerprint density at radius 3 is 2.50 bits per heavy atom. The van der Waals surface area contributed by atoms with Gasteiger partial charge in [0.15, 0.2) is 0 Å². The van der Waals surface area contributed by atoms with E-state index in [4.69, 9.17) is 9.47 Å². The first kappa shape index (κ1) is 17.8. The lowest BCUT2D eigenvalue weighted by Crippen LogP contribution is -2.59. The third kappa shape index (κ3) is 2.89. The lowest BCUT2D eigenvalue weighted by molar-refractivity contribution is -0.304.